The molecule has 1 aliphatic rings. The van der Waals surface area contributed by atoms with E-state index in [1.165, 1.54) is 0 Å². The van der Waals surface area contributed by atoms with Gasteiger partial charge in [-0.2, -0.15) is 0 Å². The van der Waals surface area contributed by atoms with Gasteiger partial charge in [-0.3, -0.25) is 4.79 Å². The SMILES string of the molecule is CCOc1ccc(Cl)cc1/C=C1\Cc2cccc(OCc3ccccc3)c2C1=O. The van der Waals surface area contributed by atoms with Crippen molar-refractivity contribution in [2.24, 2.45) is 0 Å². The summed E-state index contributed by atoms with van der Waals surface area (Å²) in [7, 11) is 0. The van der Waals surface area contributed by atoms with Crippen LogP contribution in [0.5, 0.6) is 11.5 Å². The van der Waals surface area contributed by atoms with Crippen molar-refractivity contribution in [3.8, 4) is 11.5 Å². The molecule has 0 amide bonds. The number of carbonyl (C=O) groups is 1. The van der Waals surface area contributed by atoms with Crippen molar-refractivity contribution >= 4 is 23.5 Å². The fourth-order valence-corrected chi connectivity index (χ4v) is 3.69. The Labute approximate surface area is 175 Å². The zero-order chi connectivity index (χ0) is 20.2. The topological polar surface area (TPSA) is 35.5 Å². The average Bonchev–Trinajstić information content (AvgIpc) is 3.05. The van der Waals surface area contributed by atoms with Crippen LogP contribution in [0.4, 0.5) is 0 Å². The van der Waals surface area contributed by atoms with E-state index in [-0.39, 0.29) is 5.78 Å². The second kappa shape index (κ2) is 8.54. The normalized spacial score (nSPS) is 14.1. The minimum absolute atomic E-state index is 0.00825. The van der Waals surface area contributed by atoms with Crippen LogP contribution in [0.2, 0.25) is 5.02 Å². The van der Waals surface area contributed by atoms with Crippen molar-refractivity contribution in [1.82, 2.24) is 0 Å². The van der Waals surface area contributed by atoms with Crippen LogP contribution in [-0.4, -0.2) is 12.4 Å². The summed E-state index contributed by atoms with van der Waals surface area (Å²) in [5.41, 5.74) is 4.20. The van der Waals surface area contributed by atoms with Gasteiger partial charge in [-0.1, -0.05) is 54.1 Å². The monoisotopic (exact) mass is 404 g/mol. The highest BCUT2D eigenvalue weighted by atomic mass is 35.5. The predicted octanol–water partition coefficient (Wildman–Crippen LogP) is 6.14. The van der Waals surface area contributed by atoms with Crippen molar-refractivity contribution in [3.63, 3.8) is 0 Å². The van der Waals surface area contributed by atoms with E-state index in [1.54, 1.807) is 6.07 Å². The summed E-state index contributed by atoms with van der Waals surface area (Å²) in [6.45, 7) is 2.90. The maximum absolute atomic E-state index is 13.2. The van der Waals surface area contributed by atoms with Gasteiger partial charge in [0, 0.05) is 22.6 Å². The molecule has 0 radical (unpaired) electrons. The highest BCUT2D eigenvalue weighted by Gasteiger charge is 2.28. The maximum atomic E-state index is 13.2. The van der Waals surface area contributed by atoms with Gasteiger partial charge in [-0.25, -0.2) is 0 Å². The number of ether oxygens (including phenoxy) is 2. The smallest absolute Gasteiger partial charge is 0.193 e. The van der Waals surface area contributed by atoms with E-state index in [4.69, 9.17) is 21.1 Å². The third-order valence-corrected chi connectivity index (χ3v) is 5.09. The highest BCUT2D eigenvalue weighted by Crippen LogP contribution is 2.36. The van der Waals surface area contributed by atoms with Gasteiger partial charge in [0.1, 0.15) is 18.1 Å². The maximum Gasteiger partial charge on any atom is 0.193 e. The van der Waals surface area contributed by atoms with Gasteiger partial charge in [-0.05, 0) is 48.4 Å². The molecule has 0 spiro atoms. The zero-order valence-electron chi connectivity index (χ0n) is 16.2. The molecule has 3 nitrogen and oxygen atoms in total. The highest BCUT2D eigenvalue weighted by molar-refractivity contribution is 6.30. The lowest BCUT2D eigenvalue weighted by molar-refractivity contribution is 0.103. The van der Waals surface area contributed by atoms with Crippen LogP contribution in [0.15, 0.2) is 72.3 Å². The van der Waals surface area contributed by atoms with E-state index in [1.807, 2.05) is 73.7 Å². The molecule has 0 heterocycles. The summed E-state index contributed by atoms with van der Waals surface area (Å²) in [6, 6.07) is 21.1. The second-order valence-corrected chi connectivity index (χ2v) is 7.29. The molecule has 0 aliphatic heterocycles. The summed E-state index contributed by atoms with van der Waals surface area (Å²) < 4.78 is 11.7. The lowest BCUT2D eigenvalue weighted by atomic mass is 10.1. The van der Waals surface area contributed by atoms with Crippen LogP contribution < -0.4 is 9.47 Å². The molecule has 1 aliphatic carbocycles. The number of carbonyl (C=O) groups excluding carboxylic acids is 1. The fraction of sp³-hybridized carbons (Fsp3) is 0.160. The molecule has 0 saturated carbocycles. The Morgan fingerprint density at radius 1 is 0.966 bits per heavy atom. The molecule has 29 heavy (non-hydrogen) atoms. The number of rotatable bonds is 6. The Balaban J connectivity index is 1.62. The number of benzene rings is 3. The zero-order valence-corrected chi connectivity index (χ0v) is 16.9. The van der Waals surface area contributed by atoms with Crippen LogP contribution in [0, 0.1) is 0 Å². The first-order valence-corrected chi connectivity index (χ1v) is 9.99. The number of Topliss-reactive ketones (excluding diaryl/α,β-unsaturated/α-hetero) is 1. The number of allylic oxidation sites excluding steroid dienone is 1. The summed E-state index contributed by atoms with van der Waals surface area (Å²) >= 11 is 6.16. The van der Waals surface area contributed by atoms with Gasteiger partial charge in [0.2, 0.25) is 0 Å². The van der Waals surface area contributed by atoms with Crippen molar-refractivity contribution in [1.29, 1.82) is 0 Å². The van der Waals surface area contributed by atoms with Crippen LogP contribution in [0.25, 0.3) is 6.08 Å². The van der Waals surface area contributed by atoms with Crippen LogP contribution >= 0.6 is 11.6 Å². The first-order valence-electron chi connectivity index (χ1n) is 9.62. The third kappa shape index (κ3) is 4.20. The largest absolute Gasteiger partial charge is 0.493 e. The number of fused-ring (bicyclic) bond motifs is 1. The first-order chi connectivity index (χ1) is 14.2. The molecular formula is C25H21ClO3. The minimum atomic E-state index is -0.00825. The van der Waals surface area contributed by atoms with Gasteiger partial charge >= 0.3 is 0 Å². The van der Waals surface area contributed by atoms with Gasteiger partial charge in [-0.15, -0.1) is 0 Å². The summed E-state index contributed by atoms with van der Waals surface area (Å²) in [4.78, 5) is 13.2. The molecule has 146 valence electrons. The molecular weight excluding hydrogens is 384 g/mol. The fourth-order valence-electron chi connectivity index (χ4n) is 3.51. The molecule has 0 atom stereocenters. The molecule has 0 N–H and O–H groups in total. The lowest BCUT2D eigenvalue weighted by Crippen LogP contribution is -2.02. The van der Waals surface area contributed by atoms with E-state index in [9.17, 15) is 4.79 Å². The van der Waals surface area contributed by atoms with Crippen LogP contribution in [0.3, 0.4) is 0 Å². The Kier molecular flexibility index (Phi) is 5.68. The van der Waals surface area contributed by atoms with Gasteiger partial charge in [0.15, 0.2) is 5.78 Å². The molecule has 4 rings (SSSR count). The van der Waals surface area contributed by atoms with Gasteiger partial charge < -0.3 is 9.47 Å². The van der Waals surface area contributed by atoms with E-state index < -0.39 is 0 Å². The Hall–Kier alpha value is -3.04. The molecule has 0 fully saturated rings. The second-order valence-electron chi connectivity index (χ2n) is 6.86. The van der Waals surface area contributed by atoms with E-state index >= 15 is 0 Å². The van der Waals surface area contributed by atoms with Crippen LogP contribution in [-0.2, 0) is 13.0 Å². The first kappa shape index (κ1) is 19.3. The summed E-state index contributed by atoms with van der Waals surface area (Å²) in [6.07, 6.45) is 2.44. The molecule has 0 saturated heterocycles. The van der Waals surface area contributed by atoms with Crippen LogP contribution in [0.1, 0.15) is 34.0 Å². The molecule has 0 unspecified atom stereocenters. The standard InChI is InChI=1S/C25H21ClO3/c1-2-28-22-12-11-21(26)15-19(22)14-20-13-18-9-6-10-23(24(18)25(20)27)29-16-17-7-4-3-5-8-17/h3-12,14-15H,2,13,16H2,1H3/b20-14+. The molecule has 0 bridgehead atoms. The minimum Gasteiger partial charge on any atom is -0.493 e. The Morgan fingerprint density at radius 3 is 2.59 bits per heavy atom. The van der Waals surface area contributed by atoms with Crippen molar-refractivity contribution in [3.05, 3.63) is 99.6 Å². The van der Waals surface area contributed by atoms with Crippen molar-refractivity contribution in [2.75, 3.05) is 6.61 Å². The van der Waals surface area contributed by atoms with E-state index in [0.29, 0.717) is 47.3 Å². The average molecular weight is 405 g/mol. The van der Waals surface area contributed by atoms with E-state index in [2.05, 4.69) is 0 Å². The Morgan fingerprint density at radius 2 is 1.79 bits per heavy atom. The molecule has 4 heteroatoms. The predicted molar refractivity (Wildman–Crippen MR) is 116 cm³/mol. The quantitative estimate of drug-likeness (QED) is 0.463. The summed E-state index contributed by atoms with van der Waals surface area (Å²) in [5.74, 6) is 1.33. The Bertz CT molecular complexity index is 1070. The van der Waals surface area contributed by atoms with Crippen molar-refractivity contribution in [2.45, 2.75) is 20.0 Å². The lowest BCUT2D eigenvalue weighted by Gasteiger charge is -2.10. The number of hydrogen-bond donors (Lipinski definition) is 0. The number of ketones is 1. The molecule has 3 aromatic rings. The number of halogens is 1. The van der Waals surface area contributed by atoms with Crippen molar-refractivity contribution < 1.29 is 14.3 Å². The molecule has 0 aromatic heterocycles. The number of hydrogen-bond acceptors (Lipinski definition) is 3. The third-order valence-electron chi connectivity index (χ3n) is 4.85. The summed E-state index contributed by atoms with van der Waals surface area (Å²) in [5, 5.41) is 0.607. The van der Waals surface area contributed by atoms with Gasteiger partial charge in [0.05, 0.1) is 12.2 Å². The van der Waals surface area contributed by atoms with Gasteiger partial charge in [0.25, 0.3) is 0 Å². The molecule has 3 aromatic carbocycles. The van der Waals surface area contributed by atoms with E-state index in [0.717, 1.165) is 16.7 Å².